The van der Waals surface area contributed by atoms with Gasteiger partial charge in [0.1, 0.15) is 11.5 Å². The van der Waals surface area contributed by atoms with Gasteiger partial charge in [-0.15, -0.1) is 10.2 Å². The van der Waals surface area contributed by atoms with E-state index < -0.39 is 0 Å². The first kappa shape index (κ1) is 10.4. The van der Waals surface area contributed by atoms with Crippen molar-refractivity contribution in [1.29, 1.82) is 0 Å². The summed E-state index contributed by atoms with van der Waals surface area (Å²) in [4.78, 5) is 4.53. The van der Waals surface area contributed by atoms with E-state index in [0.717, 1.165) is 29.6 Å². The van der Waals surface area contributed by atoms with Crippen molar-refractivity contribution in [2.75, 3.05) is 0 Å². The van der Waals surface area contributed by atoms with E-state index in [2.05, 4.69) is 26.7 Å². The Morgan fingerprint density at radius 1 is 1.29 bits per heavy atom. The van der Waals surface area contributed by atoms with E-state index in [-0.39, 0.29) is 0 Å². The largest absolute Gasteiger partial charge is 0.309 e. The van der Waals surface area contributed by atoms with Crippen LogP contribution in [0.5, 0.6) is 0 Å². The highest BCUT2D eigenvalue weighted by molar-refractivity contribution is 5.50. The maximum absolute atomic E-state index is 4.53. The van der Waals surface area contributed by atoms with E-state index in [1.807, 2.05) is 25.1 Å². The van der Waals surface area contributed by atoms with Crippen LogP contribution in [-0.2, 0) is 6.54 Å². The van der Waals surface area contributed by atoms with Crippen LogP contribution < -0.4 is 0 Å². The molecule has 1 atom stereocenters. The summed E-state index contributed by atoms with van der Waals surface area (Å²) < 4.78 is 2.22. The van der Waals surface area contributed by atoms with E-state index >= 15 is 0 Å². The molecule has 0 amide bonds. The Morgan fingerprint density at radius 3 is 3.00 bits per heavy atom. The number of fused-ring (bicyclic) bond motifs is 1. The SMILES string of the molecule is Cc1cccc(-c2nnc3n2CCC[C@@H]3C)n1. The second-order valence-corrected chi connectivity index (χ2v) is 4.74. The highest BCUT2D eigenvalue weighted by atomic mass is 15.3. The number of hydrogen-bond donors (Lipinski definition) is 0. The highest BCUT2D eigenvalue weighted by Crippen LogP contribution is 2.28. The molecule has 0 saturated heterocycles. The van der Waals surface area contributed by atoms with Crippen molar-refractivity contribution in [3.8, 4) is 11.5 Å². The number of rotatable bonds is 1. The molecular weight excluding hydrogens is 212 g/mol. The van der Waals surface area contributed by atoms with Crippen LogP contribution in [0.3, 0.4) is 0 Å². The first-order chi connectivity index (χ1) is 8.25. The summed E-state index contributed by atoms with van der Waals surface area (Å²) in [6.07, 6.45) is 2.41. The van der Waals surface area contributed by atoms with Crippen molar-refractivity contribution in [1.82, 2.24) is 19.7 Å². The Morgan fingerprint density at radius 2 is 2.18 bits per heavy atom. The molecule has 3 heterocycles. The average molecular weight is 228 g/mol. The lowest BCUT2D eigenvalue weighted by Crippen LogP contribution is -2.15. The maximum Gasteiger partial charge on any atom is 0.182 e. The van der Waals surface area contributed by atoms with Gasteiger partial charge < -0.3 is 4.57 Å². The van der Waals surface area contributed by atoms with E-state index in [1.54, 1.807) is 0 Å². The quantitative estimate of drug-likeness (QED) is 0.753. The molecular formula is C13H16N4. The molecule has 0 saturated carbocycles. The van der Waals surface area contributed by atoms with Gasteiger partial charge in [0.15, 0.2) is 5.82 Å². The van der Waals surface area contributed by atoms with Crippen LogP contribution in [0.25, 0.3) is 11.5 Å². The molecule has 0 N–H and O–H groups in total. The molecule has 0 unspecified atom stereocenters. The van der Waals surface area contributed by atoms with Gasteiger partial charge in [0.25, 0.3) is 0 Å². The molecule has 0 radical (unpaired) electrons. The third-order valence-electron chi connectivity index (χ3n) is 3.36. The first-order valence-electron chi connectivity index (χ1n) is 6.13. The van der Waals surface area contributed by atoms with E-state index in [4.69, 9.17) is 0 Å². The van der Waals surface area contributed by atoms with Gasteiger partial charge >= 0.3 is 0 Å². The average Bonchev–Trinajstić information content (AvgIpc) is 2.74. The highest BCUT2D eigenvalue weighted by Gasteiger charge is 2.22. The summed E-state index contributed by atoms with van der Waals surface area (Å²) in [5, 5.41) is 8.63. The number of pyridine rings is 1. The summed E-state index contributed by atoms with van der Waals surface area (Å²) in [7, 11) is 0. The zero-order chi connectivity index (χ0) is 11.8. The number of aromatic nitrogens is 4. The molecule has 4 heteroatoms. The van der Waals surface area contributed by atoms with Crippen LogP contribution in [0.1, 0.15) is 37.2 Å². The molecule has 88 valence electrons. The van der Waals surface area contributed by atoms with Crippen LogP contribution >= 0.6 is 0 Å². The smallest absolute Gasteiger partial charge is 0.182 e. The lowest BCUT2D eigenvalue weighted by atomic mass is 10.0. The Kier molecular flexibility index (Phi) is 2.42. The van der Waals surface area contributed by atoms with Crippen molar-refractivity contribution in [3.05, 3.63) is 29.7 Å². The van der Waals surface area contributed by atoms with Gasteiger partial charge in [-0.3, -0.25) is 0 Å². The fourth-order valence-electron chi connectivity index (χ4n) is 2.44. The summed E-state index contributed by atoms with van der Waals surface area (Å²) in [6.45, 7) is 5.23. The molecule has 1 aliphatic heterocycles. The Hall–Kier alpha value is -1.71. The molecule has 2 aromatic heterocycles. The number of hydrogen-bond acceptors (Lipinski definition) is 3. The van der Waals surface area contributed by atoms with Crippen molar-refractivity contribution in [2.24, 2.45) is 0 Å². The minimum atomic E-state index is 0.509. The van der Waals surface area contributed by atoms with Crippen LogP contribution in [0.2, 0.25) is 0 Å². The zero-order valence-corrected chi connectivity index (χ0v) is 10.2. The second-order valence-electron chi connectivity index (χ2n) is 4.74. The van der Waals surface area contributed by atoms with Gasteiger partial charge in [0.05, 0.1) is 0 Å². The number of nitrogens with zero attached hydrogens (tertiary/aromatic N) is 4. The lowest BCUT2D eigenvalue weighted by Gasteiger charge is -2.20. The van der Waals surface area contributed by atoms with Gasteiger partial charge in [-0.1, -0.05) is 13.0 Å². The van der Waals surface area contributed by atoms with Crippen LogP contribution in [0, 0.1) is 6.92 Å². The van der Waals surface area contributed by atoms with E-state index in [1.165, 1.54) is 12.8 Å². The van der Waals surface area contributed by atoms with E-state index in [0.29, 0.717) is 5.92 Å². The zero-order valence-electron chi connectivity index (χ0n) is 10.2. The van der Waals surface area contributed by atoms with Crippen molar-refractivity contribution in [3.63, 3.8) is 0 Å². The third kappa shape index (κ3) is 1.73. The van der Waals surface area contributed by atoms with Crippen molar-refractivity contribution in [2.45, 2.75) is 39.2 Å². The summed E-state index contributed by atoms with van der Waals surface area (Å²) >= 11 is 0. The summed E-state index contributed by atoms with van der Waals surface area (Å²) in [5.41, 5.74) is 1.95. The molecule has 0 fully saturated rings. The van der Waals surface area contributed by atoms with Gasteiger partial charge in [0, 0.05) is 18.2 Å². The predicted octanol–water partition coefficient (Wildman–Crippen LogP) is 2.55. The molecule has 0 spiro atoms. The summed E-state index contributed by atoms with van der Waals surface area (Å²) in [6, 6.07) is 6.02. The Labute approximate surface area is 101 Å². The fourth-order valence-corrected chi connectivity index (χ4v) is 2.44. The van der Waals surface area contributed by atoms with Crippen LogP contribution in [-0.4, -0.2) is 19.7 Å². The van der Waals surface area contributed by atoms with E-state index in [9.17, 15) is 0 Å². The van der Waals surface area contributed by atoms with Crippen LogP contribution in [0.4, 0.5) is 0 Å². The minimum Gasteiger partial charge on any atom is -0.309 e. The molecule has 3 rings (SSSR count). The molecule has 4 nitrogen and oxygen atoms in total. The fraction of sp³-hybridized carbons (Fsp3) is 0.462. The minimum absolute atomic E-state index is 0.509. The first-order valence-corrected chi connectivity index (χ1v) is 6.13. The van der Waals surface area contributed by atoms with Gasteiger partial charge in [0.2, 0.25) is 0 Å². The van der Waals surface area contributed by atoms with Crippen LogP contribution in [0.15, 0.2) is 18.2 Å². The monoisotopic (exact) mass is 228 g/mol. The standard InChI is InChI=1S/C13H16N4/c1-9-5-4-8-17-12(9)15-16-13(17)11-7-3-6-10(2)14-11/h3,6-7,9H,4-5,8H2,1-2H3/t9-/m0/s1. The maximum atomic E-state index is 4.53. The number of aryl methyl sites for hydroxylation is 1. The molecule has 0 aliphatic carbocycles. The topological polar surface area (TPSA) is 43.6 Å². The normalized spacial score (nSPS) is 19.1. The Balaban J connectivity index is 2.10. The Bertz CT molecular complexity index is 544. The molecule has 2 aromatic rings. The molecule has 1 aliphatic rings. The molecule has 0 bridgehead atoms. The van der Waals surface area contributed by atoms with Crippen molar-refractivity contribution < 1.29 is 0 Å². The molecule has 17 heavy (non-hydrogen) atoms. The second kappa shape index (κ2) is 3.95. The van der Waals surface area contributed by atoms with Crippen molar-refractivity contribution >= 4 is 0 Å². The third-order valence-corrected chi connectivity index (χ3v) is 3.36. The van der Waals surface area contributed by atoms with Gasteiger partial charge in [-0.2, -0.15) is 0 Å². The van der Waals surface area contributed by atoms with Gasteiger partial charge in [-0.05, 0) is 31.9 Å². The lowest BCUT2D eigenvalue weighted by molar-refractivity contribution is 0.466. The van der Waals surface area contributed by atoms with Gasteiger partial charge in [-0.25, -0.2) is 4.98 Å². The molecule has 0 aromatic carbocycles. The predicted molar refractivity (Wildman–Crippen MR) is 65.6 cm³/mol. The summed E-state index contributed by atoms with van der Waals surface area (Å²) in [5.74, 6) is 2.53.